The van der Waals surface area contributed by atoms with E-state index in [1.807, 2.05) is 12.3 Å². The fourth-order valence-corrected chi connectivity index (χ4v) is 7.73. The average molecular weight is 657 g/mol. The Balaban J connectivity index is 1.24. The molecular formula is C38H42F2N4O4. The molecule has 2 aliphatic carbocycles. The molecule has 0 spiro atoms. The number of aliphatic hydroxyl groups excluding tert-OH is 1. The van der Waals surface area contributed by atoms with Gasteiger partial charge in [0.1, 0.15) is 11.6 Å². The number of fused-ring (bicyclic) bond motifs is 2. The van der Waals surface area contributed by atoms with Crippen molar-refractivity contribution in [1.82, 2.24) is 19.7 Å². The van der Waals surface area contributed by atoms with Crippen molar-refractivity contribution in [2.75, 3.05) is 14.2 Å². The number of alkyl halides is 1. The molecule has 1 amide bonds. The molecule has 0 saturated heterocycles. The zero-order valence-corrected chi connectivity index (χ0v) is 27.7. The number of aromatic nitrogens is 3. The molecule has 8 nitrogen and oxygen atoms in total. The number of hydrogen-bond donors (Lipinski definition) is 2. The second kappa shape index (κ2) is 13.2. The number of amides is 1. The summed E-state index contributed by atoms with van der Waals surface area (Å²) in [5.41, 5.74) is 3.15. The highest BCUT2D eigenvalue weighted by atomic mass is 19.1. The number of likely N-dealkylation sites (N-methyl/N-ethyl adjacent to an activating group) is 1. The van der Waals surface area contributed by atoms with Gasteiger partial charge in [0.05, 0.1) is 53.7 Å². The lowest BCUT2D eigenvalue weighted by Crippen LogP contribution is -2.47. The van der Waals surface area contributed by atoms with Crippen LogP contribution in [0, 0.1) is 11.2 Å². The first kappa shape index (κ1) is 33.5. The fourth-order valence-electron chi connectivity index (χ4n) is 7.73. The minimum Gasteiger partial charge on any atom is -0.496 e. The summed E-state index contributed by atoms with van der Waals surface area (Å²) in [4.78, 5) is 19.3. The summed E-state index contributed by atoms with van der Waals surface area (Å²) < 4.78 is 37.3. The molecule has 48 heavy (non-hydrogen) atoms. The molecule has 0 bridgehead atoms. The van der Waals surface area contributed by atoms with Crippen LogP contribution in [0.3, 0.4) is 0 Å². The molecule has 4 aromatic rings. The number of nitrogens with zero attached hydrogens (tertiary/aromatic N) is 4. The molecule has 2 heterocycles. The Morgan fingerprint density at radius 1 is 1.15 bits per heavy atom. The molecule has 0 aliphatic heterocycles. The normalized spacial score (nSPS) is 21.9. The van der Waals surface area contributed by atoms with Gasteiger partial charge < -0.3 is 19.8 Å². The van der Waals surface area contributed by atoms with Gasteiger partial charge in [-0.1, -0.05) is 42.8 Å². The van der Waals surface area contributed by atoms with Crippen LogP contribution in [0.4, 0.5) is 8.78 Å². The van der Waals surface area contributed by atoms with Gasteiger partial charge >= 0.3 is 0 Å². The quantitative estimate of drug-likeness (QED) is 0.191. The van der Waals surface area contributed by atoms with Crippen LogP contribution in [-0.2, 0) is 17.6 Å². The standard InChI is InChI=1S/C38H42F2N4O4/c1-5-37-22-26-23-42-44(29-13-11-28(39)12-14-29)31(26)21-27(37)15-18-38(37,47)19-16-30-33(32(48-4)17-20-41-30)34(40)36(46)43(3)24(2)35(45)25-9-7-6-8-10-25/h6-14,17,20-21,23-24,34-35,45,47H,5,15-16,18-19,22H2,1-4H3/t24-,34?,35-,37+,38-/m1/s1. The van der Waals surface area contributed by atoms with E-state index in [0.29, 0.717) is 43.4 Å². The Kier molecular flexibility index (Phi) is 9.24. The van der Waals surface area contributed by atoms with Gasteiger partial charge in [-0.25, -0.2) is 13.5 Å². The smallest absolute Gasteiger partial charge is 0.262 e. The number of methoxy groups -OCH3 is 1. The van der Waals surface area contributed by atoms with E-state index in [-0.39, 0.29) is 23.6 Å². The number of halogens is 2. The van der Waals surface area contributed by atoms with Crippen molar-refractivity contribution < 1.29 is 28.5 Å². The number of benzene rings is 2. The maximum Gasteiger partial charge on any atom is 0.262 e. The van der Waals surface area contributed by atoms with Crippen LogP contribution >= 0.6 is 0 Å². The molecule has 1 unspecified atom stereocenters. The molecule has 5 atom stereocenters. The number of ether oxygens (including phenoxy) is 1. The molecule has 252 valence electrons. The van der Waals surface area contributed by atoms with E-state index in [2.05, 4.69) is 23.1 Å². The van der Waals surface area contributed by atoms with Crippen molar-refractivity contribution in [3.63, 3.8) is 0 Å². The van der Waals surface area contributed by atoms with E-state index < -0.39 is 35.2 Å². The molecule has 1 fully saturated rings. The predicted octanol–water partition coefficient (Wildman–Crippen LogP) is 6.50. The Morgan fingerprint density at radius 2 is 1.88 bits per heavy atom. The van der Waals surface area contributed by atoms with Gasteiger partial charge in [0.2, 0.25) is 6.17 Å². The van der Waals surface area contributed by atoms with Gasteiger partial charge in [0.15, 0.2) is 0 Å². The lowest BCUT2D eigenvalue weighted by Gasteiger charge is -2.45. The van der Waals surface area contributed by atoms with Crippen molar-refractivity contribution in [3.8, 4) is 11.4 Å². The van der Waals surface area contributed by atoms with Crippen LogP contribution in [0.1, 0.15) is 79.9 Å². The van der Waals surface area contributed by atoms with Gasteiger partial charge in [-0.05, 0) is 93.0 Å². The first-order chi connectivity index (χ1) is 23.0. The number of carbonyl (C=O) groups excluding carboxylic acids is 1. The maximum absolute atomic E-state index is 16.4. The number of aliphatic hydroxyl groups is 2. The largest absolute Gasteiger partial charge is 0.496 e. The summed E-state index contributed by atoms with van der Waals surface area (Å²) in [7, 11) is 2.90. The van der Waals surface area contributed by atoms with Crippen LogP contribution in [0.5, 0.6) is 5.75 Å². The second-order valence-electron chi connectivity index (χ2n) is 13.0. The highest BCUT2D eigenvalue weighted by molar-refractivity contribution is 5.83. The third kappa shape index (κ3) is 5.71. The molecule has 2 aliphatic rings. The van der Waals surface area contributed by atoms with E-state index in [0.717, 1.165) is 22.5 Å². The summed E-state index contributed by atoms with van der Waals surface area (Å²) in [6, 6.07) is 16.0. The molecule has 10 heteroatoms. The fraction of sp³-hybridized carbons (Fsp3) is 0.395. The molecule has 2 aromatic carbocycles. The monoisotopic (exact) mass is 656 g/mol. The van der Waals surface area contributed by atoms with E-state index in [9.17, 15) is 19.4 Å². The summed E-state index contributed by atoms with van der Waals surface area (Å²) in [5, 5.41) is 27.9. The van der Waals surface area contributed by atoms with Crippen molar-refractivity contribution in [2.45, 2.75) is 76.3 Å². The SMILES string of the molecule is CC[C@]12Cc3cnn(-c4ccc(F)cc4)c3C=C1CC[C@@]2(O)CCc1nccc(OC)c1C(F)C(=O)N(C)[C@H](C)[C@@H](O)c1ccccc1. The van der Waals surface area contributed by atoms with Crippen molar-refractivity contribution >= 4 is 12.0 Å². The second-order valence-corrected chi connectivity index (χ2v) is 13.0. The number of rotatable bonds is 11. The zero-order chi connectivity index (χ0) is 34.2. The minimum absolute atomic E-state index is 0.0349. The van der Waals surface area contributed by atoms with Crippen LogP contribution in [0.2, 0.25) is 0 Å². The first-order valence-corrected chi connectivity index (χ1v) is 16.5. The Bertz CT molecular complexity index is 1810. The molecular weight excluding hydrogens is 614 g/mol. The summed E-state index contributed by atoms with van der Waals surface area (Å²) in [6.07, 6.45) is 5.35. The van der Waals surface area contributed by atoms with Gasteiger partial charge in [0, 0.05) is 18.7 Å². The van der Waals surface area contributed by atoms with Crippen LogP contribution in [-0.4, -0.2) is 61.6 Å². The Morgan fingerprint density at radius 3 is 2.56 bits per heavy atom. The number of carbonyl (C=O) groups is 1. The lowest BCUT2D eigenvalue weighted by molar-refractivity contribution is -0.139. The van der Waals surface area contributed by atoms with E-state index >= 15 is 4.39 Å². The van der Waals surface area contributed by atoms with Crippen LogP contribution in [0.15, 0.2) is 78.6 Å². The van der Waals surface area contributed by atoms with Gasteiger partial charge in [-0.2, -0.15) is 5.10 Å². The molecule has 2 aromatic heterocycles. The van der Waals surface area contributed by atoms with Crippen LogP contribution in [0.25, 0.3) is 11.8 Å². The predicted molar refractivity (Wildman–Crippen MR) is 179 cm³/mol. The van der Waals surface area contributed by atoms with E-state index in [1.165, 1.54) is 43.5 Å². The van der Waals surface area contributed by atoms with Crippen molar-refractivity contribution in [3.05, 3.63) is 113 Å². The molecule has 0 radical (unpaired) electrons. The number of aryl methyl sites for hydroxylation is 1. The van der Waals surface area contributed by atoms with E-state index in [4.69, 9.17) is 4.74 Å². The van der Waals surface area contributed by atoms with Crippen molar-refractivity contribution in [1.29, 1.82) is 0 Å². The number of pyridine rings is 1. The Labute approximate surface area is 279 Å². The highest BCUT2D eigenvalue weighted by Gasteiger charge is 2.56. The topological polar surface area (TPSA) is 101 Å². The molecule has 2 N–H and O–H groups in total. The zero-order valence-electron chi connectivity index (χ0n) is 27.7. The van der Waals surface area contributed by atoms with Gasteiger partial charge in [-0.15, -0.1) is 0 Å². The maximum atomic E-state index is 16.4. The minimum atomic E-state index is -2.09. The Hall–Kier alpha value is -4.41. The molecule has 1 saturated carbocycles. The third-order valence-corrected chi connectivity index (χ3v) is 10.7. The highest BCUT2D eigenvalue weighted by Crippen LogP contribution is 2.59. The van der Waals surface area contributed by atoms with Crippen molar-refractivity contribution in [2.24, 2.45) is 5.41 Å². The summed E-state index contributed by atoms with van der Waals surface area (Å²) in [5.74, 6) is -0.937. The average Bonchev–Trinajstić information content (AvgIpc) is 3.66. The van der Waals surface area contributed by atoms with E-state index in [1.54, 1.807) is 48.0 Å². The molecule has 6 rings (SSSR count). The van der Waals surface area contributed by atoms with Gasteiger partial charge in [0.25, 0.3) is 5.91 Å². The number of hydrogen-bond acceptors (Lipinski definition) is 6. The lowest BCUT2D eigenvalue weighted by atomic mass is 9.63. The van der Waals surface area contributed by atoms with Gasteiger partial charge in [-0.3, -0.25) is 9.78 Å². The summed E-state index contributed by atoms with van der Waals surface area (Å²) in [6.45, 7) is 3.75. The van der Waals surface area contributed by atoms with Crippen LogP contribution < -0.4 is 4.74 Å². The third-order valence-electron chi connectivity index (χ3n) is 10.7. The first-order valence-electron chi connectivity index (χ1n) is 16.5. The summed E-state index contributed by atoms with van der Waals surface area (Å²) >= 11 is 0.